The standard InChI is InChI=1S/C17H19FN2O4S/c1-12-7-8-15(24-3)16(9-12)25(22,23)20(2)11-17(21)19-14-6-4-5-13(18)10-14/h4-10H,11H2,1-3H3,(H,19,21). The lowest BCUT2D eigenvalue weighted by Gasteiger charge is -2.19. The van der Waals surface area contributed by atoms with E-state index in [1.165, 1.54) is 38.4 Å². The van der Waals surface area contributed by atoms with Crippen molar-refractivity contribution in [3.05, 3.63) is 53.8 Å². The number of nitrogens with zero attached hydrogens (tertiary/aromatic N) is 1. The van der Waals surface area contributed by atoms with Crippen molar-refractivity contribution in [2.75, 3.05) is 26.0 Å². The molecule has 0 heterocycles. The second kappa shape index (κ2) is 7.62. The molecule has 0 bridgehead atoms. The molecule has 6 nitrogen and oxygen atoms in total. The number of carbonyl (C=O) groups is 1. The average molecular weight is 366 g/mol. The molecular formula is C17H19FN2O4S. The van der Waals surface area contributed by atoms with E-state index in [9.17, 15) is 17.6 Å². The molecule has 25 heavy (non-hydrogen) atoms. The van der Waals surface area contributed by atoms with E-state index in [4.69, 9.17) is 4.74 Å². The molecule has 0 aliphatic carbocycles. The van der Waals surface area contributed by atoms with E-state index in [-0.39, 0.29) is 16.3 Å². The van der Waals surface area contributed by atoms with Gasteiger partial charge >= 0.3 is 0 Å². The number of aryl methyl sites for hydroxylation is 1. The summed E-state index contributed by atoms with van der Waals surface area (Å²) in [4.78, 5) is 12.0. The summed E-state index contributed by atoms with van der Waals surface area (Å²) in [7, 11) is -1.26. The summed E-state index contributed by atoms with van der Waals surface area (Å²) in [5.41, 5.74) is 1.00. The molecule has 0 saturated carbocycles. The Hall–Kier alpha value is -2.45. The van der Waals surface area contributed by atoms with Gasteiger partial charge in [0, 0.05) is 12.7 Å². The number of ether oxygens (including phenoxy) is 1. The molecule has 0 spiro atoms. The Labute approximate surface area is 146 Å². The molecule has 0 aliphatic heterocycles. The second-order valence-corrected chi connectivity index (χ2v) is 7.49. The topological polar surface area (TPSA) is 75.7 Å². The highest BCUT2D eigenvalue weighted by Gasteiger charge is 2.26. The predicted octanol–water partition coefficient (Wildman–Crippen LogP) is 2.40. The van der Waals surface area contributed by atoms with Crippen LogP contribution in [0.2, 0.25) is 0 Å². The molecule has 0 saturated heterocycles. The van der Waals surface area contributed by atoms with Crippen molar-refractivity contribution >= 4 is 21.6 Å². The lowest BCUT2D eigenvalue weighted by atomic mass is 10.2. The first-order valence-electron chi connectivity index (χ1n) is 7.40. The molecule has 1 N–H and O–H groups in total. The van der Waals surface area contributed by atoms with E-state index in [1.54, 1.807) is 19.1 Å². The SMILES string of the molecule is COc1ccc(C)cc1S(=O)(=O)N(C)CC(=O)Nc1cccc(F)c1. The molecule has 134 valence electrons. The van der Waals surface area contributed by atoms with Gasteiger partial charge in [0.2, 0.25) is 15.9 Å². The molecule has 2 aromatic rings. The first-order valence-corrected chi connectivity index (χ1v) is 8.84. The van der Waals surface area contributed by atoms with Crippen LogP contribution in [0, 0.1) is 12.7 Å². The fourth-order valence-electron chi connectivity index (χ4n) is 2.21. The molecule has 0 unspecified atom stereocenters. The van der Waals surface area contributed by atoms with Gasteiger partial charge < -0.3 is 10.1 Å². The minimum Gasteiger partial charge on any atom is -0.495 e. The summed E-state index contributed by atoms with van der Waals surface area (Å²) in [5.74, 6) is -0.880. The van der Waals surface area contributed by atoms with E-state index in [2.05, 4.69) is 5.32 Å². The van der Waals surface area contributed by atoms with Crippen LogP contribution < -0.4 is 10.1 Å². The Balaban J connectivity index is 2.17. The van der Waals surface area contributed by atoms with Crippen molar-refractivity contribution < 1.29 is 22.3 Å². The van der Waals surface area contributed by atoms with Gasteiger partial charge in [0.25, 0.3) is 0 Å². The predicted molar refractivity (Wildman–Crippen MR) is 92.6 cm³/mol. The number of likely N-dealkylation sites (N-methyl/N-ethyl adjacent to an activating group) is 1. The number of amides is 1. The summed E-state index contributed by atoms with van der Waals surface area (Å²) < 4.78 is 44.6. The zero-order chi connectivity index (χ0) is 18.6. The fraction of sp³-hybridized carbons (Fsp3) is 0.235. The number of halogens is 1. The molecule has 0 fully saturated rings. The largest absolute Gasteiger partial charge is 0.495 e. The highest BCUT2D eigenvalue weighted by atomic mass is 32.2. The third-order valence-electron chi connectivity index (χ3n) is 3.48. The maximum Gasteiger partial charge on any atom is 0.246 e. The Morgan fingerprint density at radius 1 is 1.24 bits per heavy atom. The van der Waals surface area contributed by atoms with Crippen LogP contribution in [0.15, 0.2) is 47.4 Å². The highest BCUT2D eigenvalue weighted by Crippen LogP contribution is 2.27. The summed E-state index contributed by atoms with van der Waals surface area (Å²) in [6.07, 6.45) is 0. The van der Waals surface area contributed by atoms with Gasteiger partial charge in [0.05, 0.1) is 13.7 Å². The van der Waals surface area contributed by atoms with E-state index in [0.717, 1.165) is 15.9 Å². The maximum absolute atomic E-state index is 13.1. The number of hydrogen-bond donors (Lipinski definition) is 1. The van der Waals surface area contributed by atoms with Crippen LogP contribution in [0.5, 0.6) is 5.75 Å². The Morgan fingerprint density at radius 2 is 1.96 bits per heavy atom. The molecule has 0 radical (unpaired) electrons. The smallest absolute Gasteiger partial charge is 0.246 e. The van der Waals surface area contributed by atoms with Crippen molar-refractivity contribution in [2.24, 2.45) is 0 Å². The van der Waals surface area contributed by atoms with Gasteiger partial charge in [-0.2, -0.15) is 4.31 Å². The number of nitrogens with one attached hydrogen (secondary N) is 1. The molecule has 0 atom stereocenters. The quantitative estimate of drug-likeness (QED) is 0.852. The Bertz CT molecular complexity index is 884. The third kappa shape index (κ3) is 4.55. The van der Waals surface area contributed by atoms with Crippen LogP contribution in [0.25, 0.3) is 0 Å². The summed E-state index contributed by atoms with van der Waals surface area (Å²) in [6.45, 7) is 1.34. The Kier molecular flexibility index (Phi) is 5.76. The van der Waals surface area contributed by atoms with Gasteiger partial charge in [0.15, 0.2) is 0 Å². The third-order valence-corrected chi connectivity index (χ3v) is 5.31. The number of rotatable bonds is 6. The second-order valence-electron chi connectivity index (χ2n) is 5.47. The van der Waals surface area contributed by atoms with Gasteiger partial charge in [-0.3, -0.25) is 4.79 Å². The molecule has 2 rings (SSSR count). The van der Waals surface area contributed by atoms with Crippen molar-refractivity contribution in [1.82, 2.24) is 4.31 Å². The van der Waals surface area contributed by atoms with E-state index in [1.807, 2.05) is 0 Å². The number of anilines is 1. The van der Waals surface area contributed by atoms with Gasteiger partial charge in [-0.1, -0.05) is 12.1 Å². The zero-order valence-electron chi connectivity index (χ0n) is 14.1. The van der Waals surface area contributed by atoms with Crippen molar-refractivity contribution in [3.63, 3.8) is 0 Å². The lowest BCUT2D eigenvalue weighted by molar-refractivity contribution is -0.116. The summed E-state index contributed by atoms with van der Waals surface area (Å²) in [6, 6.07) is 10.1. The van der Waals surface area contributed by atoms with Crippen molar-refractivity contribution in [1.29, 1.82) is 0 Å². The number of sulfonamides is 1. The molecular weight excluding hydrogens is 347 g/mol. The first kappa shape index (κ1) is 18.9. The minimum absolute atomic E-state index is 0.0175. The van der Waals surface area contributed by atoms with E-state index >= 15 is 0 Å². The number of methoxy groups -OCH3 is 1. The molecule has 1 amide bonds. The number of hydrogen-bond acceptors (Lipinski definition) is 4. The van der Waals surface area contributed by atoms with E-state index < -0.39 is 28.3 Å². The first-order chi connectivity index (χ1) is 11.7. The summed E-state index contributed by atoms with van der Waals surface area (Å²) in [5, 5.41) is 2.46. The van der Waals surface area contributed by atoms with Crippen LogP contribution >= 0.6 is 0 Å². The molecule has 0 aliphatic rings. The van der Waals surface area contributed by atoms with Crippen LogP contribution in [0.4, 0.5) is 10.1 Å². The van der Waals surface area contributed by atoms with E-state index in [0.29, 0.717) is 0 Å². The fourth-order valence-corrected chi connectivity index (χ4v) is 3.57. The van der Waals surface area contributed by atoms with Crippen molar-refractivity contribution in [2.45, 2.75) is 11.8 Å². The normalized spacial score (nSPS) is 11.4. The maximum atomic E-state index is 13.1. The summed E-state index contributed by atoms with van der Waals surface area (Å²) >= 11 is 0. The number of carbonyl (C=O) groups excluding carboxylic acids is 1. The lowest BCUT2D eigenvalue weighted by Crippen LogP contribution is -2.35. The molecule has 8 heteroatoms. The molecule has 2 aromatic carbocycles. The van der Waals surface area contributed by atoms with Gasteiger partial charge in [-0.25, -0.2) is 12.8 Å². The Morgan fingerprint density at radius 3 is 2.60 bits per heavy atom. The van der Waals surface area contributed by atoms with Crippen LogP contribution in [0.3, 0.4) is 0 Å². The monoisotopic (exact) mass is 366 g/mol. The van der Waals surface area contributed by atoms with Crippen LogP contribution in [-0.2, 0) is 14.8 Å². The van der Waals surface area contributed by atoms with Crippen LogP contribution in [-0.4, -0.2) is 39.3 Å². The van der Waals surface area contributed by atoms with Gasteiger partial charge in [0.1, 0.15) is 16.5 Å². The van der Waals surface area contributed by atoms with Crippen LogP contribution in [0.1, 0.15) is 5.56 Å². The minimum atomic E-state index is -3.93. The zero-order valence-corrected chi connectivity index (χ0v) is 14.9. The van der Waals surface area contributed by atoms with Gasteiger partial charge in [-0.15, -0.1) is 0 Å². The molecule has 0 aromatic heterocycles. The highest BCUT2D eigenvalue weighted by molar-refractivity contribution is 7.89. The van der Waals surface area contributed by atoms with Gasteiger partial charge in [-0.05, 0) is 42.8 Å². The van der Waals surface area contributed by atoms with Crippen molar-refractivity contribution in [3.8, 4) is 5.75 Å². The average Bonchev–Trinajstić information content (AvgIpc) is 2.54. The number of benzene rings is 2.